The number of hydrogen-bond acceptors (Lipinski definition) is 3. The van der Waals surface area contributed by atoms with Gasteiger partial charge in [0.2, 0.25) is 0 Å². The largest absolute Gasteiger partial charge is 0.331 e. The molecule has 1 aliphatic rings. The molecule has 1 saturated heterocycles. The second kappa shape index (κ2) is 4.96. The topological polar surface area (TPSA) is 66.5 Å². The van der Waals surface area contributed by atoms with E-state index in [9.17, 15) is 14.4 Å². The molecule has 1 aliphatic heterocycles. The van der Waals surface area contributed by atoms with Gasteiger partial charge in [0.05, 0.1) is 10.0 Å². The zero-order valence-corrected chi connectivity index (χ0v) is 10.6. The lowest BCUT2D eigenvalue weighted by Crippen LogP contribution is -2.32. The standard InChI is InChI=1S/C11H8Cl2N2O3/c12-7-2-1-6(5-8(7)13)3-4-15-10(17)9(16)14-11(15)18/h1-2,5H,3-4H2,(H,14,16,18). The van der Waals surface area contributed by atoms with Crippen LogP contribution in [0.4, 0.5) is 4.79 Å². The summed E-state index contributed by atoms with van der Waals surface area (Å²) in [6.07, 6.45) is 0.406. The molecule has 0 saturated carbocycles. The van der Waals surface area contributed by atoms with Crippen LogP contribution in [0.2, 0.25) is 10.0 Å². The van der Waals surface area contributed by atoms with E-state index in [1.54, 1.807) is 18.2 Å². The fraction of sp³-hybridized carbons (Fsp3) is 0.182. The summed E-state index contributed by atoms with van der Waals surface area (Å²) in [5.41, 5.74) is 0.823. The molecular weight excluding hydrogens is 279 g/mol. The Morgan fingerprint density at radius 3 is 2.39 bits per heavy atom. The maximum Gasteiger partial charge on any atom is 0.331 e. The van der Waals surface area contributed by atoms with Crippen LogP contribution in [-0.2, 0) is 16.0 Å². The molecule has 18 heavy (non-hydrogen) atoms. The molecule has 7 heteroatoms. The highest BCUT2D eigenvalue weighted by molar-refractivity contribution is 6.44. The van der Waals surface area contributed by atoms with Gasteiger partial charge in [-0.2, -0.15) is 0 Å². The minimum absolute atomic E-state index is 0.119. The summed E-state index contributed by atoms with van der Waals surface area (Å²) in [5.74, 6) is -1.73. The van der Waals surface area contributed by atoms with Gasteiger partial charge in [0.15, 0.2) is 0 Å². The van der Waals surface area contributed by atoms with Crippen LogP contribution in [0.5, 0.6) is 0 Å². The van der Waals surface area contributed by atoms with Gasteiger partial charge < -0.3 is 0 Å². The van der Waals surface area contributed by atoms with Gasteiger partial charge >= 0.3 is 17.8 Å². The van der Waals surface area contributed by atoms with Crippen LogP contribution in [0.25, 0.3) is 0 Å². The maximum atomic E-state index is 11.3. The fourth-order valence-electron chi connectivity index (χ4n) is 1.57. The lowest BCUT2D eigenvalue weighted by Gasteiger charge is -2.11. The smallest absolute Gasteiger partial charge is 0.269 e. The fourth-order valence-corrected chi connectivity index (χ4v) is 1.89. The monoisotopic (exact) mass is 286 g/mol. The summed E-state index contributed by atoms with van der Waals surface area (Å²) in [5, 5.41) is 2.77. The highest BCUT2D eigenvalue weighted by Gasteiger charge is 2.36. The Hall–Kier alpha value is -1.59. The Kier molecular flexibility index (Phi) is 3.54. The average molecular weight is 287 g/mol. The number of imide groups is 2. The molecule has 1 N–H and O–H groups in total. The number of urea groups is 1. The van der Waals surface area contributed by atoms with Gasteiger partial charge in [-0.1, -0.05) is 29.3 Å². The van der Waals surface area contributed by atoms with Gasteiger partial charge in [-0.15, -0.1) is 0 Å². The first-order valence-corrected chi connectivity index (χ1v) is 5.85. The molecule has 0 unspecified atom stereocenters. The number of carbonyl (C=O) groups is 3. The number of rotatable bonds is 3. The van der Waals surface area contributed by atoms with E-state index in [1.807, 2.05) is 5.32 Å². The van der Waals surface area contributed by atoms with E-state index < -0.39 is 17.8 Å². The first-order chi connectivity index (χ1) is 8.49. The van der Waals surface area contributed by atoms with Crippen molar-refractivity contribution in [2.24, 2.45) is 0 Å². The Morgan fingerprint density at radius 2 is 1.83 bits per heavy atom. The normalized spacial score (nSPS) is 15.2. The molecule has 0 spiro atoms. The zero-order valence-electron chi connectivity index (χ0n) is 9.07. The highest BCUT2D eigenvalue weighted by atomic mass is 35.5. The number of benzene rings is 1. The van der Waals surface area contributed by atoms with Gasteiger partial charge in [0.1, 0.15) is 0 Å². The third-order valence-electron chi connectivity index (χ3n) is 2.51. The number of amides is 4. The average Bonchev–Trinajstić information content (AvgIpc) is 2.56. The van der Waals surface area contributed by atoms with Crippen LogP contribution in [0.3, 0.4) is 0 Å². The van der Waals surface area contributed by atoms with Crippen molar-refractivity contribution in [3.8, 4) is 0 Å². The van der Waals surface area contributed by atoms with Gasteiger partial charge in [0.25, 0.3) is 0 Å². The van der Waals surface area contributed by atoms with E-state index in [1.165, 1.54) is 0 Å². The van der Waals surface area contributed by atoms with Gasteiger partial charge in [-0.25, -0.2) is 4.79 Å². The van der Waals surface area contributed by atoms with E-state index >= 15 is 0 Å². The van der Waals surface area contributed by atoms with Crippen LogP contribution < -0.4 is 5.32 Å². The molecule has 0 bridgehead atoms. The van der Waals surface area contributed by atoms with Gasteiger partial charge in [-0.3, -0.25) is 19.8 Å². The predicted octanol–water partition coefficient (Wildman–Crippen LogP) is 1.61. The van der Waals surface area contributed by atoms with Crippen molar-refractivity contribution >= 4 is 41.0 Å². The lowest BCUT2D eigenvalue weighted by molar-refractivity contribution is -0.140. The minimum Gasteiger partial charge on any atom is -0.269 e. The van der Waals surface area contributed by atoms with Crippen molar-refractivity contribution in [2.75, 3.05) is 6.54 Å². The van der Waals surface area contributed by atoms with E-state index in [-0.39, 0.29) is 6.54 Å². The summed E-state index contributed by atoms with van der Waals surface area (Å²) in [6, 6.07) is 4.35. The van der Waals surface area contributed by atoms with Crippen LogP contribution in [0, 0.1) is 0 Å². The zero-order chi connectivity index (χ0) is 13.3. The predicted molar refractivity (Wildman–Crippen MR) is 65.4 cm³/mol. The Morgan fingerprint density at radius 1 is 1.11 bits per heavy atom. The van der Waals surface area contributed by atoms with Crippen LogP contribution in [0.1, 0.15) is 5.56 Å². The van der Waals surface area contributed by atoms with Crippen molar-refractivity contribution in [2.45, 2.75) is 6.42 Å². The summed E-state index contributed by atoms with van der Waals surface area (Å²) in [7, 11) is 0. The molecule has 1 fully saturated rings. The summed E-state index contributed by atoms with van der Waals surface area (Å²) in [6.45, 7) is 0.119. The maximum absolute atomic E-state index is 11.3. The van der Waals surface area contributed by atoms with Crippen molar-refractivity contribution in [3.05, 3.63) is 33.8 Å². The Balaban J connectivity index is 2.03. The van der Waals surface area contributed by atoms with E-state index in [2.05, 4.69) is 0 Å². The molecule has 2 rings (SSSR count). The summed E-state index contributed by atoms with van der Waals surface area (Å²) < 4.78 is 0. The van der Waals surface area contributed by atoms with E-state index in [4.69, 9.17) is 23.2 Å². The first kappa shape index (κ1) is 12.9. The van der Waals surface area contributed by atoms with Gasteiger partial charge in [-0.05, 0) is 24.1 Å². The third-order valence-corrected chi connectivity index (χ3v) is 3.25. The third kappa shape index (κ3) is 2.47. The van der Waals surface area contributed by atoms with Gasteiger partial charge in [0, 0.05) is 6.54 Å². The van der Waals surface area contributed by atoms with E-state index in [0.29, 0.717) is 16.5 Å². The molecule has 4 amide bonds. The number of halogens is 2. The van der Waals surface area contributed by atoms with Crippen molar-refractivity contribution < 1.29 is 14.4 Å². The SMILES string of the molecule is O=C1NC(=O)N(CCc2ccc(Cl)c(Cl)c2)C1=O. The molecule has 94 valence electrons. The van der Waals surface area contributed by atoms with Crippen LogP contribution >= 0.6 is 23.2 Å². The second-order valence-corrected chi connectivity index (χ2v) is 4.53. The molecule has 0 radical (unpaired) electrons. The van der Waals surface area contributed by atoms with Crippen molar-refractivity contribution in [1.82, 2.24) is 10.2 Å². The molecule has 0 aromatic heterocycles. The number of nitrogens with one attached hydrogen (secondary N) is 1. The minimum atomic E-state index is -0.894. The molecule has 0 aliphatic carbocycles. The number of hydrogen-bond donors (Lipinski definition) is 1. The van der Waals surface area contributed by atoms with Crippen LogP contribution in [0.15, 0.2) is 18.2 Å². The van der Waals surface area contributed by atoms with E-state index in [0.717, 1.165) is 10.5 Å². The molecule has 0 atom stereocenters. The van der Waals surface area contributed by atoms with Crippen molar-refractivity contribution in [1.29, 1.82) is 0 Å². The van der Waals surface area contributed by atoms with Crippen LogP contribution in [-0.4, -0.2) is 29.3 Å². The second-order valence-electron chi connectivity index (χ2n) is 3.71. The lowest BCUT2D eigenvalue weighted by atomic mass is 10.1. The Bertz CT molecular complexity index is 545. The molecular formula is C11H8Cl2N2O3. The summed E-state index contributed by atoms with van der Waals surface area (Å²) in [4.78, 5) is 34.4. The molecule has 1 heterocycles. The Labute approximate surface area is 113 Å². The first-order valence-electron chi connectivity index (χ1n) is 5.10. The quantitative estimate of drug-likeness (QED) is 0.678. The molecule has 5 nitrogen and oxygen atoms in total. The molecule has 1 aromatic rings. The number of carbonyl (C=O) groups excluding carboxylic acids is 3. The molecule has 1 aromatic carbocycles. The van der Waals surface area contributed by atoms with Crippen molar-refractivity contribution in [3.63, 3.8) is 0 Å². The highest BCUT2D eigenvalue weighted by Crippen LogP contribution is 2.22. The summed E-state index contributed by atoms with van der Waals surface area (Å²) >= 11 is 11.6. The number of nitrogens with zero attached hydrogens (tertiary/aromatic N) is 1.